The van der Waals surface area contributed by atoms with Crippen LogP contribution in [0.25, 0.3) is 0 Å². The Bertz CT molecular complexity index is 348. The first-order valence-electron chi connectivity index (χ1n) is 7.03. The second-order valence-corrected chi connectivity index (χ2v) is 5.67. The molecule has 0 saturated carbocycles. The minimum absolute atomic E-state index is 0.105. The van der Waals surface area contributed by atoms with Gasteiger partial charge in [0.25, 0.3) is 0 Å². The summed E-state index contributed by atoms with van der Waals surface area (Å²) in [6.45, 7) is 2.96. The van der Waals surface area contributed by atoms with Crippen LogP contribution in [0, 0.1) is 5.92 Å². The number of likely N-dealkylation sites (N-methyl/N-ethyl adjacent to an activating group) is 1. The average molecular weight is 269 g/mol. The second kappa shape index (κ2) is 6.23. The fourth-order valence-electron chi connectivity index (χ4n) is 2.91. The number of urea groups is 1. The zero-order valence-electron chi connectivity index (χ0n) is 11.5. The quantitative estimate of drug-likeness (QED) is 0.769. The average Bonchev–Trinajstić information content (AvgIpc) is 2.39. The molecule has 2 N–H and O–H groups in total. The molecule has 6 nitrogen and oxygen atoms in total. The topological polar surface area (TPSA) is 72.9 Å². The zero-order chi connectivity index (χ0) is 13.8. The number of carboxylic acids is 1. The monoisotopic (exact) mass is 269 g/mol. The fraction of sp³-hybridized carbons (Fsp3) is 0.846. The number of hydrogen-bond acceptors (Lipinski definition) is 3. The van der Waals surface area contributed by atoms with Crippen LogP contribution in [0.5, 0.6) is 0 Å². The lowest BCUT2D eigenvalue weighted by Gasteiger charge is -2.35. The molecule has 2 aliphatic heterocycles. The lowest BCUT2D eigenvalue weighted by atomic mass is 9.98. The molecule has 0 aromatic carbocycles. The highest BCUT2D eigenvalue weighted by Crippen LogP contribution is 2.17. The SMILES string of the molecule is CN1CCCC(NC(=O)N2CCC[C@H](C(=O)O)C2)C1. The van der Waals surface area contributed by atoms with Gasteiger partial charge >= 0.3 is 12.0 Å². The third-order valence-electron chi connectivity index (χ3n) is 4.01. The molecule has 2 rings (SSSR count). The van der Waals surface area contributed by atoms with Gasteiger partial charge in [-0.3, -0.25) is 4.79 Å². The van der Waals surface area contributed by atoms with Crippen LogP contribution in [0.15, 0.2) is 0 Å². The van der Waals surface area contributed by atoms with E-state index in [0.717, 1.165) is 32.4 Å². The lowest BCUT2D eigenvalue weighted by molar-refractivity contribution is -0.143. The van der Waals surface area contributed by atoms with E-state index >= 15 is 0 Å². The molecular weight excluding hydrogens is 246 g/mol. The Labute approximate surface area is 113 Å². The summed E-state index contributed by atoms with van der Waals surface area (Å²) in [4.78, 5) is 27.0. The Balaban J connectivity index is 1.83. The van der Waals surface area contributed by atoms with E-state index in [9.17, 15) is 9.59 Å². The van der Waals surface area contributed by atoms with Crippen LogP contribution in [-0.4, -0.2) is 66.2 Å². The molecule has 1 unspecified atom stereocenters. The van der Waals surface area contributed by atoms with Crippen molar-refractivity contribution in [2.24, 2.45) is 5.92 Å². The molecule has 0 spiro atoms. The highest BCUT2D eigenvalue weighted by Gasteiger charge is 2.29. The van der Waals surface area contributed by atoms with Crippen molar-refractivity contribution in [2.45, 2.75) is 31.7 Å². The van der Waals surface area contributed by atoms with Crippen molar-refractivity contribution in [1.82, 2.24) is 15.1 Å². The molecule has 19 heavy (non-hydrogen) atoms. The highest BCUT2D eigenvalue weighted by atomic mass is 16.4. The minimum Gasteiger partial charge on any atom is -0.481 e. The Morgan fingerprint density at radius 2 is 1.89 bits per heavy atom. The first-order valence-corrected chi connectivity index (χ1v) is 7.03. The van der Waals surface area contributed by atoms with Crippen LogP contribution < -0.4 is 5.32 Å². The molecule has 2 amide bonds. The molecule has 2 fully saturated rings. The van der Waals surface area contributed by atoms with Gasteiger partial charge in [-0.15, -0.1) is 0 Å². The zero-order valence-corrected chi connectivity index (χ0v) is 11.5. The number of nitrogens with zero attached hydrogens (tertiary/aromatic N) is 2. The number of hydrogen-bond donors (Lipinski definition) is 2. The summed E-state index contributed by atoms with van der Waals surface area (Å²) in [5, 5.41) is 12.1. The number of carbonyl (C=O) groups excluding carboxylic acids is 1. The van der Waals surface area contributed by atoms with Crippen molar-refractivity contribution in [3.8, 4) is 0 Å². The molecule has 2 saturated heterocycles. The van der Waals surface area contributed by atoms with Gasteiger partial charge in [0.05, 0.1) is 5.92 Å². The molecule has 0 aliphatic carbocycles. The van der Waals surface area contributed by atoms with Gasteiger partial charge in [0, 0.05) is 25.7 Å². The lowest BCUT2D eigenvalue weighted by Crippen LogP contribution is -2.53. The van der Waals surface area contributed by atoms with Crippen molar-refractivity contribution < 1.29 is 14.7 Å². The number of carboxylic acid groups (broad SMARTS) is 1. The second-order valence-electron chi connectivity index (χ2n) is 5.67. The molecule has 2 atom stereocenters. The van der Waals surface area contributed by atoms with Gasteiger partial charge in [-0.1, -0.05) is 0 Å². The van der Waals surface area contributed by atoms with Gasteiger partial charge < -0.3 is 20.2 Å². The molecular formula is C13H23N3O3. The maximum atomic E-state index is 12.1. The summed E-state index contributed by atoms with van der Waals surface area (Å²) in [5.41, 5.74) is 0. The van der Waals surface area contributed by atoms with Crippen LogP contribution in [0.2, 0.25) is 0 Å². The Morgan fingerprint density at radius 1 is 1.16 bits per heavy atom. The van der Waals surface area contributed by atoms with Crippen molar-refractivity contribution in [3.63, 3.8) is 0 Å². The van der Waals surface area contributed by atoms with Gasteiger partial charge in [-0.2, -0.15) is 0 Å². The first-order chi connectivity index (χ1) is 9.06. The minimum atomic E-state index is -0.796. The normalized spacial score (nSPS) is 29.0. The number of aliphatic carboxylic acids is 1. The number of amides is 2. The van der Waals surface area contributed by atoms with Crippen molar-refractivity contribution in [2.75, 3.05) is 33.2 Å². The standard InChI is InChI=1S/C13H23N3O3/c1-15-6-3-5-11(9-15)14-13(19)16-7-2-4-10(8-16)12(17)18/h10-11H,2-9H2,1H3,(H,14,19)(H,17,18)/t10-,11?/m0/s1. The van der Waals surface area contributed by atoms with Crippen LogP contribution in [0.3, 0.4) is 0 Å². The number of likely N-dealkylation sites (tertiary alicyclic amines) is 2. The molecule has 2 aliphatic rings. The third-order valence-corrected chi connectivity index (χ3v) is 4.01. The van der Waals surface area contributed by atoms with Crippen LogP contribution in [-0.2, 0) is 4.79 Å². The van der Waals surface area contributed by atoms with E-state index in [1.807, 2.05) is 0 Å². The molecule has 0 radical (unpaired) electrons. The summed E-state index contributed by atoms with van der Waals surface area (Å²) in [7, 11) is 2.06. The van der Waals surface area contributed by atoms with Gasteiger partial charge in [-0.05, 0) is 39.3 Å². The summed E-state index contributed by atoms with van der Waals surface area (Å²) in [5.74, 6) is -1.21. The molecule has 0 bridgehead atoms. The maximum absolute atomic E-state index is 12.1. The number of nitrogens with one attached hydrogen (secondary N) is 1. The summed E-state index contributed by atoms with van der Waals surface area (Å²) >= 11 is 0. The summed E-state index contributed by atoms with van der Waals surface area (Å²) in [6.07, 6.45) is 3.55. The van der Waals surface area contributed by atoms with E-state index in [4.69, 9.17) is 5.11 Å². The fourth-order valence-corrected chi connectivity index (χ4v) is 2.91. The predicted molar refractivity (Wildman–Crippen MR) is 71.0 cm³/mol. The number of carbonyl (C=O) groups is 2. The van der Waals surface area contributed by atoms with Crippen LogP contribution >= 0.6 is 0 Å². The van der Waals surface area contributed by atoms with Crippen molar-refractivity contribution >= 4 is 12.0 Å². The third kappa shape index (κ3) is 3.83. The van der Waals surface area contributed by atoms with E-state index in [1.165, 1.54) is 0 Å². The molecule has 6 heteroatoms. The molecule has 0 aromatic heterocycles. The molecule has 108 valence electrons. The van der Waals surface area contributed by atoms with Crippen molar-refractivity contribution in [3.05, 3.63) is 0 Å². The predicted octanol–water partition coefficient (Wildman–Crippen LogP) is 0.587. The largest absolute Gasteiger partial charge is 0.481 e. The number of piperidine rings is 2. The first kappa shape index (κ1) is 14.1. The van der Waals surface area contributed by atoms with E-state index in [0.29, 0.717) is 19.5 Å². The van der Waals surface area contributed by atoms with Crippen LogP contribution in [0.1, 0.15) is 25.7 Å². The van der Waals surface area contributed by atoms with Gasteiger partial charge in [0.15, 0.2) is 0 Å². The van der Waals surface area contributed by atoms with Gasteiger partial charge in [0.1, 0.15) is 0 Å². The molecule has 0 aromatic rings. The smallest absolute Gasteiger partial charge is 0.317 e. The highest BCUT2D eigenvalue weighted by molar-refractivity contribution is 5.76. The van der Waals surface area contributed by atoms with Gasteiger partial charge in [0.2, 0.25) is 0 Å². The Kier molecular flexibility index (Phi) is 4.63. The van der Waals surface area contributed by atoms with Crippen LogP contribution in [0.4, 0.5) is 4.79 Å². The summed E-state index contributed by atoms with van der Waals surface area (Å²) < 4.78 is 0. The van der Waals surface area contributed by atoms with E-state index in [2.05, 4.69) is 17.3 Å². The molecule has 2 heterocycles. The van der Waals surface area contributed by atoms with Crippen molar-refractivity contribution in [1.29, 1.82) is 0 Å². The van der Waals surface area contributed by atoms with E-state index in [1.54, 1.807) is 4.90 Å². The maximum Gasteiger partial charge on any atom is 0.317 e. The van der Waals surface area contributed by atoms with Gasteiger partial charge in [-0.25, -0.2) is 4.79 Å². The van der Waals surface area contributed by atoms with E-state index in [-0.39, 0.29) is 12.1 Å². The Morgan fingerprint density at radius 3 is 2.58 bits per heavy atom. The Hall–Kier alpha value is -1.30. The number of rotatable bonds is 2. The van der Waals surface area contributed by atoms with E-state index < -0.39 is 11.9 Å². The summed E-state index contributed by atoms with van der Waals surface area (Å²) in [6, 6.07) is 0.0858.